The van der Waals surface area contributed by atoms with E-state index in [-0.39, 0.29) is 5.91 Å². The number of nitrogens with zero attached hydrogens (tertiary/aromatic N) is 1. The summed E-state index contributed by atoms with van der Waals surface area (Å²) in [6.45, 7) is 5.20. The van der Waals surface area contributed by atoms with Crippen LogP contribution in [0.15, 0.2) is 18.3 Å². The van der Waals surface area contributed by atoms with Crippen LogP contribution in [0, 0.1) is 6.92 Å². The number of halogens is 1. The number of rotatable bonds is 1. The van der Waals surface area contributed by atoms with Gasteiger partial charge in [-0.2, -0.15) is 0 Å². The van der Waals surface area contributed by atoms with Gasteiger partial charge in [0.15, 0.2) is 0 Å². The van der Waals surface area contributed by atoms with Gasteiger partial charge in [0, 0.05) is 42.8 Å². The molecule has 2 N–H and O–H groups in total. The van der Waals surface area contributed by atoms with Crippen LogP contribution in [0.2, 0.25) is 5.02 Å². The zero-order valence-corrected chi connectivity index (χ0v) is 11.5. The van der Waals surface area contributed by atoms with Crippen LogP contribution < -0.4 is 5.32 Å². The van der Waals surface area contributed by atoms with Gasteiger partial charge < -0.3 is 15.2 Å². The second-order valence-corrected chi connectivity index (χ2v) is 5.25. The van der Waals surface area contributed by atoms with E-state index in [2.05, 4.69) is 10.3 Å². The Labute approximate surface area is 116 Å². The Bertz CT molecular complexity index is 629. The minimum atomic E-state index is 0.0921. The van der Waals surface area contributed by atoms with Crippen molar-refractivity contribution in [3.63, 3.8) is 0 Å². The number of hydrogen-bond acceptors (Lipinski definition) is 2. The first-order valence-corrected chi connectivity index (χ1v) is 6.82. The Morgan fingerprint density at radius 1 is 1.32 bits per heavy atom. The molecular formula is C14H16ClN3O. The maximum Gasteiger partial charge on any atom is 0.256 e. The highest BCUT2D eigenvalue weighted by molar-refractivity contribution is 6.32. The SMILES string of the molecule is Cc1c(Cl)ccc2c(C(=O)N3CCNCC3)c[nH]c12. The molecule has 1 aromatic carbocycles. The van der Waals surface area contributed by atoms with Crippen molar-refractivity contribution in [1.82, 2.24) is 15.2 Å². The summed E-state index contributed by atoms with van der Waals surface area (Å²) >= 11 is 6.10. The highest BCUT2D eigenvalue weighted by Gasteiger charge is 2.21. The lowest BCUT2D eigenvalue weighted by atomic mass is 10.1. The van der Waals surface area contributed by atoms with E-state index in [9.17, 15) is 4.79 Å². The highest BCUT2D eigenvalue weighted by atomic mass is 35.5. The van der Waals surface area contributed by atoms with E-state index in [1.165, 1.54) is 0 Å². The lowest BCUT2D eigenvalue weighted by Crippen LogP contribution is -2.46. The van der Waals surface area contributed by atoms with Crippen molar-refractivity contribution in [2.75, 3.05) is 26.2 Å². The number of carbonyl (C=O) groups is 1. The van der Waals surface area contributed by atoms with Crippen molar-refractivity contribution in [3.05, 3.63) is 34.5 Å². The Balaban J connectivity index is 2.01. The van der Waals surface area contributed by atoms with Gasteiger partial charge >= 0.3 is 0 Å². The van der Waals surface area contributed by atoms with Crippen molar-refractivity contribution in [2.45, 2.75) is 6.92 Å². The first-order chi connectivity index (χ1) is 9.18. The maximum absolute atomic E-state index is 12.5. The molecule has 2 heterocycles. The summed E-state index contributed by atoms with van der Waals surface area (Å²) < 4.78 is 0. The number of aromatic amines is 1. The number of carbonyl (C=O) groups excluding carboxylic acids is 1. The molecule has 1 fully saturated rings. The normalized spacial score (nSPS) is 16.0. The predicted octanol–water partition coefficient (Wildman–Crippen LogP) is 2.18. The van der Waals surface area contributed by atoms with Gasteiger partial charge in [-0.05, 0) is 18.6 Å². The highest BCUT2D eigenvalue weighted by Crippen LogP contribution is 2.27. The molecule has 0 aliphatic carbocycles. The Morgan fingerprint density at radius 2 is 2.05 bits per heavy atom. The molecule has 0 atom stereocenters. The fourth-order valence-electron chi connectivity index (χ4n) is 2.53. The number of piperazine rings is 1. The van der Waals surface area contributed by atoms with Gasteiger partial charge in [0.2, 0.25) is 0 Å². The summed E-state index contributed by atoms with van der Waals surface area (Å²) in [7, 11) is 0. The molecule has 2 aromatic rings. The zero-order valence-electron chi connectivity index (χ0n) is 10.8. The largest absolute Gasteiger partial charge is 0.360 e. The lowest BCUT2D eigenvalue weighted by molar-refractivity contribution is 0.0738. The molecule has 19 heavy (non-hydrogen) atoms. The molecule has 0 saturated carbocycles. The molecule has 0 bridgehead atoms. The molecular weight excluding hydrogens is 262 g/mol. The zero-order chi connectivity index (χ0) is 13.4. The number of nitrogens with one attached hydrogen (secondary N) is 2. The molecule has 1 aliphatic rings. The first kappa shape index (κ1) is 12.5. The van der Waals surface area contributed by atoms with Crippen molar-refractivity contribution < 1.29 is 4.79 Å². The van der Waals surface area contributed by atoms with E-state index < -0.39 is 0 Å². The molecule has 1 amide bonds. The second kappa shape index (κ2) is 4.87. The average molecular weight is 278 g/mol. The quantitative estimate of drug-likeness (QED) is 0.839. The van der Waals surface area contributed by atoms with E-state index in [0.29, 0.717) is 0 Å². The summed E-state index contributed by atoms with van der Waals surface area (Å²) in [6.07, 6.45) is 1.79. The van der Waals surface area contributed by atoms with Gasteiger partial charge in [-0.25, -0.2) is 0 Å². The van der Waals surface area contributed by atoms with E-state index >= 15 is 0 Å². The van der Waals surface area contributed by atoms with Crippen molar-refractivity contribution in [2.24, 2.45) is 0 Å². The molecule has 100 valence electrons. The molecule has 1 aromatic heterocycles. The van der Waals surface area contributed by atoms with Gasteiger partial charge in [0.1, 0.15) is 0 Å². The third kappa shape index (κ3) is 2.11. The standard InChI is InChI=1S/C14H16ClN3O/c1-9-12(15)3-2-10-11(8-17-13(9)10)14(19)18-6-4-16-5-7-18/h2-3,8,16-17H,4-7H2,1H3. The molecule has 0 radical (unpaired) electrons. The van der Waals surface area contributed by atoms with Crippen LogP contribution in [0.25, 0.3) is 10.9 Å². The van der Waals surface area contributed by atoms with Gasteiger partial charge in [0.25, 0.3) is 5.91 Å². The molecule has 0 spiro atoms. The third-order valence-electron chi connectivity index (χ3n) is 3.68. The summed E-state index contributed by atoms with van der Waals surface area (Å²) in [5.74, 6) is 0.0921. The number of aryl methyl sites for hydroxylation is 1. The number of hydrogen-bond donors (Lipinski definition) is 2. The smallest absolute Gasteiger partial charge is 0.256 e. The van der Waals surface area contributed by atoms with Gasteiger partial charge in [-0.3, -0.25) is 4.79 Å². The van der Waals surface area contributed by atoms with Crippen LogP contribution in [0.5, 0.6) is 0 Å². The second-order valence-electron chi connectivity index (χ2n) is 4.84. The van der Waals surface area contributed by atoms with Crippen molar-refractivity contribution in [1.29, 1.82) is 0 Å². The van der Waals surface area contributed by atoms with E-state index in [1.807, 2.05) is 24.0 Å². The number of benzene rings is 1. The van der Waals surface area contributed by atoms with Crippen LogP contribution >= 0.6 is 11.6 Å². The predicted molar refractivity (Wildman–Crippen MR) is 76.8 cm³/mol. The molecule has 5 heteroatoms. The third-order valence-corrected chi connectivity index (χ3v) is 4.09. The van der Waals surface area contributed by atoms with Gasteiger partial charge in [-0.15, -0.1) is 0 Å². The van der Waals surface area contributed by atoms with Crippen LogP contribution in [0.3, 0.4) is 0 Å². The van der Waals surface area contributed by atoms with Gasteiger partial charge in [0.05, 0.1) is 11.1 Å². The van der Waals surface area contributed by atoms with Gasteiger partial charge in [-0.1, -0.05) is 17.7 Å². The summed E-state index contributed by atoms with van der Waals surface area (Å²) in [5.41, 5.74) is 2.67. The first-order valence-electron chi connectivity index (χ1n) is 6.44. The number of fused-ring (bicyclic) bond motifs is 1. The fraction of sp³-hybridized carbons (Fsp3) is 0.357. The number of aromatic nitrogens is 1. The molecule has 1 saturated heterocycles. The Morgan fingerprint density at radius 3 is 2.79 bits per heavy atom. The van der Waals surface area contributed by atoms with E-state index in [4.69, 9.17) is 11.6 Å². The van der Waals surface area contributed by atoms with Crippen LogP contribution in [0.1, 0.15) is 15.9 Å². The van der Waals surface area contributed by atoms with Crippen LogP contribution in [-0.4, -0.2) is 42.0 Å². The maximum atomic E-state index is 12.5. The molecule has 0 unspecified atom stereocenters. The minimum Gasteiger partial charge on any atom is -0.360 e. The van der Waals surface area contributed by atoms with Crippen molar-refractivity contribution >= 4 is 28.4 Å². The van der Waals surface area contributed by atoms with Crippen LogP contribution in [0.4, 0.5) is 0 Å². The number of amides is 1. The Hall–Kier alpha value is -1.52. The minimum absolute atomic E-state index is 0.0921. The van der Waals surface area contributed by atoms with E-state index in [1.54, 1.807) is 6.20 Å². The van der Waals surface area contributed by atoms with Crippen LogP contribution in [-0.2, 0) is 0 Å². The lowest BCUT2D eigenvalue weighted by Gasteiger charge is -2.27. The van der Waals surface area contributed by atoms with E-state index in [0.717, 1.165) is 53.2 Å². The fourth-order valence-corrected chi connectivity index (χ4v) is 2.69. The summed E-state index contributed by atoms with van der Waals surface area (Å²) in [4.78, 5) is 17.6. The molecule has 3 rings (SSSR count). The molecule has 4 nitrogen and oxygen atoms in total. The average Bonchev–Trinajstić information content (AvgIpc) is 2.87. The summed E-state index contributed by atoms with van der Waals surface area (Å²) in [5, 5.41) is 4.92. The summed E-state index contributed by atoms with van der Waals surface area (Å²) in [6, 6.07) is 3.76. The van der Waals surface area contributed by atoms with Crippen molar-refractivity contribution in [3.8, 4) is 0 Å². The monoisotopic (exact) mass is 277 g/mol. The Kier molecular flexibility index (Phi) is 3.21. The topological polar surface area (TPSA) is 48.1 Å². The number of H-pyrrole nitrogens is 1. The molecule has 1 aliphatic heterocycles.